The van der Waals surface area contributed by atoms with Crippen molar-refractivity contribution >= 4 is 0 Å². The molecule has 0 aromatic heterocycles. The summed E-state index contributed by atoms with van der Waals surface area (Å²) in [4.78, 5) is 0. The summed E-state index contributed by atoms with van der Waals surface area (Å²) in [6, 6.07) is 0.258. The lowest BCUT2D eigenvalue weighted by molar-refractivity contribution is 0.0124. The molecule has 2 nitrogen and oxygen atoms in total. The Hall–Kier alpha value is -0.0800. The molecule has 3 saturated carbocycles. The molecule has 2 heteroatoms. The van der Waals surface area contributed by atoms with Crippen LogP contribution < -0.4 is 5.73 Å². The van der Waals surface area contributed by atoms with Crippen LogP contribution >= 0.6 is 0 Å². The molecule has 5 unspecified atom stereocenters. The SMILES string of the molecule is NC1CCC(O)(CC2CC3CCC2C3)C1. The van der Waals surface area contributed by atoms with Crippen LogP contribution in [0.3, 0.4) is 0 Å². The van der Waals surface area contributed by atoms with Crippen molar-refractivity contribution in [2.24, 2.45) is 23.5 Å². The first-order valence-corrected chi connectivity index (χ1v) is 6.63. The Morgan fingerprint density at radius 1 is 1.20 bits per heavy atom. The summed E-state index contributed by atoms with van der Waals surface area (Å²) in [5.74, 6) is 2.76. The molecule has 0 aromatic carbocycles. The van der Waals surface area contributed by atoms with Gasteiger partial charge < -0.3 is 10.8 Å². The number of hydrogen-bond donors (Lipinski definition) is 2. The monoisotopic (exact) mass is 209 g/mol. The average Bonchev–Trinajstić information content (AvgIpc) is 2.82. The number of fused-ring (bicyclic) bond motifs is 2. The maximum absolute atomic E-state index is 10.5. The Bertz CT molecular complexity index is 255. The normalized spacial score (nSPS) is 54.0. The Kier molecular flexibility index (Phi) is 2.33. The Balaban J connectivity index is 1.61. The maximum atomic E-state index is 10.5. The maximum Gasteiger partial charge on any atom is 0.0665 e. The highest BCUT2D eigenvalue weighted by atomic mass is 16.3. The topological polar surface area (TPSA) is 46.2 Å². The fraction of sp³-hybridized carbons (Fsp3) is 1.00. The molecule has 3 fully saturated rings. The predicted octanol–water partition coefficient (Wildman–Crippen LogP) is 2.05. The predicted molar refractivity (Wildman–Crippen MR) is 60.3 cm³/mol. The molecular weight excluding hydrogens is 186 g/mol. The quantitative estimate of drug-likeness (QED) is 0.731. The van der Waals surface area contributed by atoms with Gasteiger partial charge in [-0.25, -0.2) is 0 Å². The molecule has 0 amide bonds. The van der Waals surface area contributed by atoms with Crippen LogP contribution in [0.25, 0.3) is 0 Å². The fourth-order valence-corrected chi connectivity index (χ4v) is 4.45. The molecule has 3 N–H and O–H groups in total. The fourth-order valence-electron chi connectivity index (χ4n) is 4.45. The summed E-state index contributed by atoms with van der Waals surface area (Å²) < 4.78 is 0. The summed E-state index contributed by atoms with van der Waals surface area (Å²) in [5, 5.41) is 10.5. The average molecular weight is 209 g/mol. The minimum absolute atomic E-state index is 0.258. The van der Waals surface area contributed by atoms with E-state index in [1.54, 1.807) is 0 Å². The largest absolute Gasteiger partial charge is 0.390 e. The molecule has 86 valence electrons. The molecule has 0 radical (unpaired) electrons. The van der Waals surface area contributed by atoms with E-state index < -0.39 is 5.60 Å². The van der Waals surface area contributed by atoms with Gasteiger partial charge in [0.2, 0.25) is 0 Å². The molecule has 0 spiro atoms. The summed E-state index contributed by atoms with van der Waals surface area (Å²) in [5.41, 5.74) is 5.51. The molecule has 0 aliphatic heterocycles. The second-order valence-corrected chi connectivity index (χ2v) is 6.37. The van der Waals surface area contributed by atoms with Crippen molar-refractivity contribution < 1.29 is 5.11 Å². The zero-order chi connectivity index (χ0) is 10.5. The highest BCUT2D eigenvalue weighted by molar-refractivity contribution is 4.98. The zero-order valence-electron chi connectivity index (χ0n) is 9.49. The van der Waals surface area contributed by atoms with Crippen LogP contribution in [-0.4, -0.2) is 16.7 Å². The van der Waals surface area contributed by atoms with Gasteiger partial charge in [0, 0.05) is 6.04 Å². The highest BCUT2D eigenvalue weighted by Gasteiger charge is 2.45. The number of rotatable bonds is 2. The van der Waals surface area contributed by atoms with Crippen molar-refractivity contribution in [1.29, 1.82) is 0 Å². The van der Waals surface area contributed by atoms with Crippen LogP contribution in [0.2, 0.25) is 0 Å². The van der Waals surface area contributed by atoms with Gasteiger partial charge in [-0.3, -0.25) is 0 Å². The van der Waals surface area contributed by atoms with Crippen molar-refractivity contribution in [3.8, 4) is 0 Å². The van der Waals surface area contributed by atoms with E-state index in [1.807, 2.05) is 0 Å². The van der Waals surface area contributed by atoms with E-state index in [1.165, 1.54) is 25.7 Å². The Labute approximate surface area is 92.2 Å². The van der Waals surface area contributed by atoms with Crippen LogP contribution in [0.15, 0.2) is 0 Å². The summed E-state index contributed by atoms with van der Waals surface area (Å²) >= 11 is 0. The molecule has 0 saturated heterocycles. The van der Waals surface area contributed by atoms with Gasteiger partial charge in [-0.1, -0.05) is 6.42 Å². The molecule has 0 heterocycles. The van der Waals surface area contributed by atoms with Crippen molar-refractivity contribution in [1.82, 2.24) is 0 Å². The Morgan fingerprint density at radius 3 is 2.60 bits per heavy atom. The van der Waals surface area contributed by atoms with Crippen LogP contribution in [-0.2, 0) is 0 Å². The van der Waals surface area contributed by atoms with Gasteiger partial charge in [0.25, 0.3) is 0 Å². The molecular formula is C13H23NO. The lowest BCUT2D eigenvalue weighted by Crippen LogP contribution is -2.32. The van der Waals surface area contributed by atoms with E-state index >= 15 is 0 Å². The first-order valence-electron chi connectivity index (χ1n) is 6.63. The third-order valence-electron chi connectivity index (χ3n) is 5.15. The van der Waals surface area contributed by atoms with Gasteiger partial charge in [0.15, 0.2) is 0 Å². The van der Waals surface area contributed by atoms with Crippen LogP contribution in [0.5, 0.6) is 0 Å². The number of hydrogen-bond acceptors (Lipinski definition) is 2. The first kappa shape index (κ1) is 10.1. The van der Waals surface area contributed by atoms with Crippen LogP contribution in [0.4, 0.5) is 0 Å². The van der Waals surface area contributed by atoms with E-state index in [0.29, 0.717) is 0 Å². The lowest BCUT2D eigenvalue weighted by atomic mass is 9.79. The Morgan fingerprint density at radius 2 is 2.07 bits per heavy atom. The van der Waals surface area contributed by atoms with E-state index in [2.05, 4.69) is 0 Å². The van der Waals surface area contributed by atoms with Gasteiger partial charge >= 0.3 is 0 Å². The van der Waals surface area contributed by atoms with E-state index in [-0.39, 0.29) is 6.04 Å². The molecule has 2 bridgehead atoms. The molecule has 0 aromatic rings. The summed E-state index contributed by atoms with van der Waals surface area (Å²) in [6.07, 6.45) is 9.59. The zero-order valence-corrected chi connectivity index (χ0v) is 9.49. The van der Waals surface area contributed by atoms with Gasteiger partial charge in [0.05, 0.1) is 5.60 Å². The minimum atomic E-state index is -0.394. The van der Waals surface area contributed by atoms with Gasteiger partial charge in [-0.05, 0) is 62.7 Å². The molecule has 3 rings (SSSR count). The minimum Gasteiger partial charge on any atom is -0.390 e. The first-order chi connectivity index (χ1) is 7.15. The molecule has 15 heavy (non-hydrogen) atoms. The van der Waals surface area contributed by atoms with Crippen LogP contribution in [0, 0.1) is 17.8 Å². The number of aliphatic hydroxyl groups is 1. The van der Waals surface area contributed by atoms with E-state index in [4.69, 9.17) is 5.73 Å². The van der Waals surface area contributed by atoms with E-state index in [0.717, 1.165) is 43.4 Å². The van der Waals surface area contributed by atoms with Crippen molar-refractivity contribution in [2.75, 3.05) is 0 Å². The second kappa shape index (κ2) is 3.46. The van der Waals surface area contributed by atoms with Crippen molar-refractivity contribution in [3.63, 3.8) is 0 Å². The molecule has 3 aliphatic rings. The standard InChI is InChI=1S/C13H23NO/c14-12-3-4-13(15,8-12)7-11-6-9-1-2-10(11)5-9/h9-12,15H,1-8,14H2. The summed E-state index contributed by atoms with van der Waals surface area (Å²) in [7, 11) is 0. The van der Waals surface area contributed by atoms with Crippen molar-refractivity contribution in [3.05, 3.63) is 0 Å². The highest BCUT2D eigenvalue weighted by Crippen LogP contribution is 2.52. The van der Waals surface area contributed by atoms with E-state index in [9.17, 15) is 5.11 Å². The lowest BCUT2D eigenvalue weighted by Gasteiger charge is -2.30. The molecule has 3 aliphatic carbocycles. The van der Waals surface area contributed by atoms with Gasteiger partial charge in [-0.2, -0.15) is 0 Å². The smallest absolute Gasteiger partial charge is 0.0665 e. The van der Waals surface area contributed by atoms with Crippen LogP contribution in [0.1, 0.15) is 51.4 Å². The number of nitrogens with two attached hydrogens (primary N) is 1. The third-order valence-corrected chi connectivity index (χ3v) is 5.15. The van der Waals surface area contributed by atoms with Gasteiger partial charge in [-0.15, -0.1) is 0 Å². The summed E-state index contributed by atoms with van der Waals surface area (Å²) in [6.45, 7) is 0. The second-order valence-electron chi connectivity index (χ2n) is 6.37. The van der Waals surface area contributed by atoms with Crippen molar-refractivity contribution in [2.45, 2.75) is 63.0 Å². The van der Waals surface area contributed by atoms with Gasteiger partial charge in [0.1, 0.15) is 0 Å². The molecule has 5 atom stereocenters. The third kappa shape index (κ3) is 1.83.